The molecule has 0 radical (unpaired) electrons. The van der Waals surface area contributed by atoms with Crippen molar-refractivity contribution >= 4 is 22.4 Å². The molecule has 1 amide bonds. The predicted octanol–water partition coefficient (Wildman–Crippen LogP) is 1.21. The molecule has 0 saturated heterocycles. The zero-order valence-electron chi connectivity index (χ0n) is 8.20. The van der Waals surface area contributed by atoms with E-state index >= 15 is 0 Å². The van der Waals surface area contributed by atoms with E-state index in [1.165, 1.54) is 16.8 Å². The Kier molecular flexibility index (Phi) is 3.23. The van der Waals surface area contributed by atoms with Crippen LogP contribution in [0.25, 0.3) is 0 Å². The lowest BCUT2D eigenvalue weighted by molar-refractivity contribution is -0.124. The maximum absolute atomic E-state index is 11.6. The summed E-state index contributed by atoms with van der Waals surface area (Å²) in [5.41, 5.74) is 2.05. The Morgan fingerprint density at radius 2 is 2.12 bits per heavy atom. The third-order valence-corrected chi connectivity index (χ3v) is 2.56. The zero-order valence-corrected chi connectivity index (χ0v) is 9.02. The van der Waals surface area contributed by atoms with E-state index in [1.807, 2.05) is 6.07 Å². The van der Waals surface area contributed by atoms with Crippen LogP contribution >= 0.6 is 11.3 Å². The molecular weight excluding hydrogens is 226 g/mol. The summed E-state index contributed by atoms with van der Waals surface area (Å²) >= 11 is 1.20. The van der Waals surface area contributed by atoms with Gasteiger partial charge in [-0.2, -0.15) is 0 Å². The minimum Gasteiger partial charge on any atom is -0.378 e. The van der Waals surface area contributed by atoms with Gasteiger partial charge in [-0.25, -0.2) is 0 Å². The lowest BCUT2D eigenvalue weighted by atomic mass is 10.1. The van der Waals surface area contributed by atoms with Gasteiger partial charge in [0.15, 0.2) is 6.10 Å². The van der Waals surface area contributed by atoms with Crippen molar-refractivity contribution in [3.63, 3.8) is 0 Å². The highest BCUT2D eigenvalue weighted by Crippen LogP contribution is 2.15. The fraction of sp³-hybridized carbons (Fsp3) is 0.100. The first-order chi connectivity index (χ1) is 7.77. The number of aliphatic hydroxyl groups excluding tert-OH is 1. The molecular formula is C10H9N3O2S. The van der Waals surface area contributed by atoms with Gasteiger partial charge < -0.3 is 5.11 Å². The van der Waals surface area contributed by atoms with Crippen LogP contribution in [0.4, 0.5) is 5.13 Å². The maximum Gasteiger partial charge on any atom is 0.259 e. The number of hydrogen-bond donors (Lipinski definition) is 2. The van der Waals surface area contributed by atoms with Crippen molar-refractivity contribution in [2.45, 2.75) is 6.10 Å². The summed E-state index contributed by atoms with van der Waals surface area (Å²) in [6, 6.07) is 8.71. The fourth-order valence-corrected chi connectivity index (χ4v) is 1.64. The second-order valence-corrected chi connectivity index (χ2v) is 3.88. The topological polar surface area (TPSA) is 75.1 Å². The first-order valence-electron chi connectivity index (χ1n) is 4.57. The number of aromatic nitrogens is 2. The van der Waals surface area contributed by atoms with Gasteiger partial charge in [-0.15, -0.1) is 10.2 Å². The van der Waals surface area contributed by atoms with Crippen molar-refractivity contribution in [2.24, 2.45) is 0 Å². The highest BCUT2D eigenvalue weighted by molar-refractivity contribution is 7.13. The van der Waals surface area contributed by atoms with Gasteiger partial charge in [-0.1, -0.05) is 41.7 Å². The summed E-state index contributed by atoms with van der Waals surface area (Å²) in [5, 5.41) is 19.8. The van der Waals surface area contributed by atoms with Crippen molar-refractivity contribution in [3.8, 4) is 0 Å². The van der Waals surface area contributed by atoms with E-state index in [0.29, 0.717) is 10.7 Å². The Morgan fingerprint density at radius 3 is 2.75 bits per heavy atom. The first-order valence-corrected chi connectivity index (χ1v) is 5.45. The number of nitrogens with one attached hydrogen (secondary N) is 1. The lowest BCUT2D eigenvalue weighted by Crippen LogP contribution is -2.20. The number of nitrogens with zero attached hydrogens (tertiary/aromatic N) is 2. The number of hydrogen-bond acceptors (Lipinski definition) is 5. The van der Waals surface area contributed by atoms with E-state index < -0.39 is 12.0 Å². The van der Waals surface area contributed by atoms with Gasteiger partial charge in [-0.05, 0) is 5.56 Å². The van der Waals surface area contributed by atoms with Gasteiger partial charge in [-0.3, -0.25) is 10.1 Å². The maximum atomic E-state index is 11.6. The molecule has 82 valence electrons. The van der Waals surface area contributed by atoms with Gasteiger partial charge in [0, 0.05) is 0 Å². The number of benzene rings is 1. The van der Waals surface area contributed by atoms with E-state index in [-0.39, 0.29) is 0 Å². The summed E-state index contributed by atoms with van der Waals surface area (Å²) < 4.78 is 0. The van der Waals surface area contributed by atoms with Crippen LogP contribution in [0.3, 0.4) is 0 Å². The normalized spacial score (nSPS) is 12.1. The van der Waals surface area contributed by atoms with Crippen LogP contribution in [0.15, 0.2) is 35.8 Å². The quantitative estimate of drug-likeness (QED) is 0.838. The smallest absolute Gasteiger partial charge is 0.259 e. The van der Waals surface area contributed by atoms with Crippen LogP contribution in [-0.2, 0) is 4.79 Å². The van der Waals surface area contributed by atoms with Crippen LogP contribution in [0.5, 0.6) is 0 Å². The summed E-state index contributed by atoms with van der Waals surface area (Å²) in [4.78, 5) is 11.6. The van der Waals surface area contributed by atoms with E-state index in [1.54, 1.807) is 24.3 Å². The molecule has 1 aromatic heterocycles. The molecule has 1 heterocycles. The summed E-state index contributed by atoms with van der Waals surface area (Å²) in [6.07, 6.45) is -1.19. The van der Waals surface area contributed by atoms with Crippen LogP contribution in [0, 0.1) is 0 Å². The van der Waals surface area contributed by atoms with E-state index in [4.69, 9.17) is 0 Å². The second kappa shape index (κ2) is 4.82. The Bertz CT molecular complexity index is 458. The number of anilines is 1. The minimum atomic E-state index is -1.19. The second-order valence-electron chi connectivity index (χ2n) is 3.05. The van der Waals surface area contributed by atoms with E-state index in [2.05, 4.69) is 15.5 Å². The van der Waals surface area contributed by atoms with E-state index in [9.17, 15) is 9.90 Å². The van der Waals surface area contributed by atoms with Crippen LogP contribution in [0.2, 0.25) is 0 Å². The lowest BCUT2D eigenvalue weighted by Gasteiger charge is -2.09. The molecule has 1 unspecified atom stereocenters. The van der Waals surface area contributed by atoms with E-state index in [0.717, 1.165) is 0 Å². The summed E-state index contributed by atoms with van der Waals surface area (Å²) in [7, 11) is 0. The average molecular weight is 235 g/mol. The number of carbonyl (C=O) groups excluding carboxylic acids is 1. The monoisotopic (exact) mass is 235 g/mol. The molecule has 0 fully saturated rings. The number of rotatable bonds is 3. The molecule has 2 aromatic rings. The molecule has 0 bridgehead atoms. The Hall–Kier alpha value is -1.79. The van der Waals surface area contributed by atoms with Gasteiger partial charge in [0.25, 0.3) is 5.91 Å². The highest BCUT2D eigenvalue weighted by atomic mass is 32.1. The minimum absolute atomic E-state index is 0.375. The molecule has 2 N–H and O–H groups in total. The molecule has 6 heteroatoms. The van der Waals surface area contributed by atoms with Gasteiger partial charge in [0.1, 0.15) is 5.51 Å². The molecule has 1 atom stereocenters. The van der Waals surface area contributed by atoms with Gasteiger partial charge in [0.05, 0.1) is 0 Å². The third kappa shape index (κ3) is 2.41. The van der Waals surface area contributed by atoms with Crippen LogP contribution in [-0.4, -0.2) is 21.2 Å². The summed E-state index contributed by atoms with van der Waals surface area (Å²) in [5.74, 6) is -0.511. The van der Waals surface area contributed by atoms with Crippen molar-refractivity contribution in [1.82, 2.24) is 10.2 Å². The fourth-order valence-electron chi connectivity index (χ4n) is 1.19. The first kappa shape index (κ1) is 10.7. The Morgan fingerprint density at radius 1 is 1.38 bits per heavy atom. The van der Waals surface area contributed by atoms with Crippen LogP contribution < -0.4 is 5.32 Å². The standard InChI is InChI=1S/C10H9N3O2S/c14-8(7-4-2-1-3-5-7)9(15)12-10-13-11-6-16-10/h1-6,8,14H,(H,12,13,15). The van der Waals surface area contributed by atoms with Crippen molar-refractivity contribution in [3.05, 3.63) is 41.4 Å². The van der Waals surface area contributed by atoms with Crippen molar-refractivity contribution < 1.29 is 9.90 Å². The molecule has 0 aliphatic heterocycles. The van der Waals surface area contributed by atoms with Crippen LogP contribution in [0.1, 0.15) is 11.7 Å². The zero-order chi connectivity index (χ0) is 11.4. The average Bonchev–Trinajstić information content (AvgIpc) is 2.82. The number of amides is 1. The molecule has 0 aliphatic rings. The largest absolute Gasteiger partial charge is 0.378 e. The Labute approximate surface area is 95.8 Å². The van der Waals surface area contributed by atoms with Gasteiger partial charge in [0.2, 0.25) is 5.13 Å². The SMILES string of the molecule is O=C(Nc1nncs1)C(O)c1ccccc1. The molecule has 0 aliphatic carbocycles. The predicted molar refractivity (Wildman–Crippen MR) is 59.9 cm³/mol. The Balaban J connectivity index is 2.05. The molecule has 0 saturated carbocycles. The molecule has 1 aromatic carbocycles. The highest BCUT2D eigenvalue weighted by Gasteiger charge is 2.17. The number of aliphatic hydroxyl groups is 1. The molecule has 16 heavy (non-hydrogen) atoms. The van der Waals surface area contributed by atoms with Gasteiger partial charge >= 0.3 is 0 Å². The van der Waals surface area contributed by atoms with Crippen molar-refractivity contribution in [2.75, 3.05) is 5.32 Å². The summed E-state index contributed by atoms with van der Waals surface area (Å²) in [6.45, 7) is 0. The molecule has 5 nitrogen and oxygen atoms in total. The number of carbonyl (C=O) groups is 1. The molecule has 0 spiro atoms. The third-order valence-electron chi connectivity index (χ3n) is 1.95. The van der Waals surface area contributed by atoms with Crippen molar-refractivity contribution in [1.29, 1.82) is 0 Å². The molecule has 2 rings (SSSR count).